The number of methoxy groups -OCH3 is 2. The second-order valence-corrected chi connectivity index (χ2v) is 13.0. The summed E-state index contributed by atoms with van der Waals surface area (Å²) in [6, 6.07) is 12.5. The first kappa shape index (κ1) is 40.4. The van der Waals surface area contributed by atoms with Crippen LogP contribution in [0, 0.1) is 0 Å². The summed E-state index contributed by atoms with van der Waals surface area (Å²) < 4.78 is 39.2. The third kappa shape index (κ3) is 8.01. The lowest BCUT2D eigenvalue weighted by atomic mass is 9.89. The smallest absolute Gasteiger partial charge is 0.330 e. The molecule has 56 heavy (non-hydrogen) atoms. The van der Waals surface area contributed by atoms with Crippen molar-refractivity contribution in [3.63, 3.8) is 0 Å². The Morgan fingerprint density at radius 3 is 2.18 bits per heavy atom. The van der Waals surface area contributed by atoms with E-state index in [1.807, 2.05) is 0 Å². The van der Waals surface area contributed by atoms with E-state index in [9.17, 15) is 55.5 Å². The van der Waals surface area contributed by atoms with Gasteiger partial charge in [-0.05, 0) is 48.0 Å². The number of ether oxygens (including phenoxy) is 6. The second kappa shape index (κ2) is 16.8. The minimum atomic E-state index is -2.00. The molecule has 2 fully saturated rings. The lowest BCUT2D eigenvalue weighted by Gasteiger charge is -2.46. The Morgan fingerprint density at radius 2 is 1.50 bits per heavy atom. The van der Waals surface area contributed by atoms with Crippen molar-refractivity contribution in [3.05, 3.63) is 82.0 Å². The van der Waals surface area contributed by atoms with Crippen molar-refractivity contribution in [1.82, 2.24) is 0 Å². The summed E-state index contributed by atoms with van der Waals surface area (Å²) >= 11 is 0. The van der Waals surface area contributed by atoms with Gasteiger partial charge < -0.3 is 78.8 Å². The van der Waals surface area contributed by atoms with E-state index in [0.717, 1.165) is 12.1 Å². The van der Waals surface area contributed by atoms with Crippen LogP contribution in [0.5, 0.6) is 28.7 Å². The topological polar surface area (TPSA) is 285 Å². The van der Waals surface area contributed by atoms with Gasteiger partial charge >= 0.3 is 5.97 Å². The first-order chi connectivity index (χ1) is 26.8. The highest BCUT2D eigenvalue weighted by atomic mass is 16.7. The van der Waals surface area contributed by atoms with E-state index >= 15 is 0 Å². The minimum absolute atomic E-state index is 0.0214. The predicted octanol–water partition coefficient (Wildman–Crippen LogP) is 0.197. The molecule has 0 unspecified atom stereocenters. The summed E-state index contributed by atoms with van der Waals surface area (Å²) in [4.78, 5) is 26.0. The maximum absolute atomic E-state index is 13.5. The molecule has 0 amide bonds. The van der Waals surface area contributed by atoms with Gasteiger partial charge in [-0.2, -0.15) is 0 Å². The fourth-order valence-corrected chi connectivity index (χ4v) is 6.48. The summed E-state index contributed by atoms with van der Waals surface area (Å²) in [5.41, 5.74) is -0.256. The fraction of sp³-hybridized carbons (Fsp3) is 0.368. The number of hydrogen-bond donors (Lipinski definition) is 9. The Kier molecular flexibility index (Phi) is 12.1. The summed E-state index contributed by atoms with van der Waals surface area (Å²) in [7, 11) is 2.57. The molecule has 0 saturated carbocycles. The third-order valence-electron chi connectivity index (χ3n) is 9.48. The molecule has 6 rings (SSSR count). The largest absolute Gasteiger partial charge is 0.508 e. The van der Waals surface area contributed by atoms with E-state index in [1.54, 1.807) is 0 Å². The van der Waals surface area contributed by atoms with Crippen molar-refractivity contribution in [2.75, 3.05) is 27.4 Å². The van der Waals surface area contributed by atoms with E-state index in [-0.39, 0.29) is 45.3 Å². The second-order valence-electron chi connectivity index (χ2n) is 13.0. The van der Waals surface area contributed by atoms with Gasteiger partial charge in [0.1, 0.15) is 95.5 Å². The number of phenolic OH excluding ortho intramolecular Hbond substituents is 3. The molecule has 3 aromatic carbocycles. The number of esters is 1. The van der Waals surface area contributed by atoms with Crippen LogP contribution in [0.15, 0.2) is 69.9 Å². The van der Waals surface area contributed by atoms with Crippen LogP contribution in [-0.2, 0) is 23.7 Å². The molecular formula is C38H40O18. The zero-order valence-electron chi connectivity index (χ0n) is 29.7. The maximum Gasteiger partial charge on any atom is 0.330 e. The number of aromatic hydroxyl groups is 3. The molecule has 18 heteroatoms. The van der Waals surface area contributed by atoms with Crippen LogP contribution in [0.25, 0.3) is 28.4 Å². The van der Waals surface area contributed by atoms with Crippen molar-refractivity contribution in [3.8, 4) is 40.1 Å². The molecule has 2 aliphatic heterocycles. The van der Waals surface area contributed by atoms with E-state index < -0.39 is 91.6 Å². The lowest BCUT2D eigenvalue weighted by molar-refractivity contribution is -0.342. The van der Waals surface area contributed by atoms with Gasteiger partial charge in [0.15, 0.2) is 23.2 Å². The lowest BCUT2D eigenvalue weighted by Crippen LogP contribution is -2.63. The number of rotatable bonds is 11. The monoisotopic (exact) mass is 784 g/mol. The number of carbonyl (C=O) groups is 1. The molecule has 18 nitrogen and oxygen atoms in total. The van der Waals surface area contributed by atoms with Crippen LogP contribution >= 0.6 is 0 Å². The molecule has 0 spiro atoms. The van der Waals surface area contributed by atoms with Gasteiger partial charge in [-0.25, -0.2) is 4.79 Å². The maximum atomic E-state index is 13.5. The summed E-state index contributed by atoms with van der Waals surface area (Å²) in [5, 5.41) is 95.2. The normalized spacial score (nSPS) is 28.0. The standard InChI is InChI=1S/C38H40O18/c1-50-22-11-16(3-9-19(22)41)4-10-27(43)52-15-26-31(45)33(47)35(49)38(55-26)56-37-34(48)30(44)25(14-39)54-36(37)29-23(51-2)13-24-28(32(29)46)20(42)12-21(53-24)17-5-7-18(40)8-6-17/h3-13,25-26,30-31,33-41,44-49H,14-15H2,1-2H3/t25-,26-,30-,31-,33-,34-,35-,36+,37-,38-/m0/s1. The average Bonchev–Trinajstić information content (AvgIpc) is 3.19. The molecule has 0 radical (unpaired) electrons. The first-order valence-corrected chi connectivity index (χ1v) is 17.1. The fourth-order valence-electron chi connectivity index (χ4n) is 6.48. The number of aliphatic hydroxyl groups is 6. The molecule has 3 heterocycles. The molecular weight excluding hydrogens is 744 g/mol. The summed E-state index contributed by atoms with van der Waals surface area (Å²) in [6.45, 7) is -1.50. The SMILES string of the molecule is COc1cc(C=CC(=O)OC[C@@H]2O[C@@H](O[C@H]3[C@@H](O)[C@@H](O)[C@H](CO)O[C@@H]3c3c(OC)cc4oc(-c5ccc(O)cc5)cc(=O)c4c3O)[C@@H](O)[C@@H](O)[C@H]2O)ccc1O. The predicted molar refractivity (Wildman–Crippen MR) is 191 cm³/mol. The Hall–Kier alpha value is -5.28. The number of phenols is 3. The molecule has 2 aliphatic rings. The van der Waals surface area contributed by atoms with Crippen LogP contribution in [0.1, 0.15) is 17.2 Å². The van der Waals surface area contributed by atoms with Crippen LogP contribution in [-0.4, -0.2) is 134 Å². The third-order valence-corrected chi connectivity index (χ3v) is 9.48. The van der Waals surface area contributed by atoms with Crippen molar-refractivity contribution in [2.24, 2.45) is 0 Å². The van der Waals surface area contributed by atoms with Crippen LogP contribution in [0.2, 0.25) is 0 Å². The highest BCUT2D eigenvalue weighted by Crippen LogP contribution is 2.46. The number of carbonyl (C=O) groups excluding carboxylic acids is 1. The molecule has 10 atom stereocenters. The molecule has 9 N–H and O–H groups in total. The molecule has 2 saturated heterocycles. The number of benzene rings is 3. The highest BCUT2D eigenvalue weighted by Gasteiger charge is 2.52. The summed E-state index contributed by atoms with van der Waals surface area (Å²) in [6.07, 6.45) is -15.5. The van der Waals surface area contributed by atoms with Crippen molar-refractivity contribution < 1.29 is 83.6 Å². The van der Waals surface area contributed by atoms with Gasteiger partial charge in [0, 0.05) is 23.8 Å². The number of fused-ring (bicyclic) bond motifs is 1. The van der Waals surface area contributed by atoms with Gasteiger partial charge in [0.25, 0.3) is 0 Å². The van der Waals surface area contributed by atoms with Crippen molar-refractivity contribution >= 4 is 23.0 Å². The molecule has 1 aromatic heterocycles. The van der Waals surface area contributed by atoms with Gasteiger partial charge in [-0.1, -0.05) is 6.07 Å². The molecule has 4 aromatic rings. The van der Waals surface area contributed by atoms with Gasteiger partial charge in [-0.15, -0.1) is 0 Å². The Balaban J connectivity index is 1.28. The molecule has 0 aliphatic carbocycles. The van der Waals surface area contributed by atoms with E-state index in [4.69, 9.17) is 32.8 Å². The zero-order valence-corrected chi connectivity index (χ0v) is 29.7. The first-order valence-electron chi connectivity index (χ1n) is 17.1. The number of aliphatic hydroxyl groups excluding tert-OH is 6. The van der Waals surface area contributed by atoms with Crippen molar-refractivity contribution in [2.45, 2.75) is 61.2 Å². The van der Waals surface area contributed by atoms with Gasteiger partial charge in [-0.3, -0.25) is 4.79 Å². The Morgan fingerprint density at radius 1 is 0.804 bits per heavy atom. The van der Waals surface area contributed by atoms with E-state index in [2.05, 4.69) is 0 Å². The van der Waals surface area contributed by atoms with Gasteiger partial charge in [0.05, 0.1) is 26.4 Å². The minimum Gasteiger partial charge on any atom is -0.508 e. The Labute approximate surface area is 317 Å². The summed E-state index contributed by atoms with van der Waals surface area (Å²) in [5.74, 6) is -1.70. The Bertz CT molecular complexity index is 2110. The van der Waals surface area contributed by atoms with Crippen LogP contribution in [0.4, 0.5) is 0 Å². The van der Waals surface area contributed by atoms with Gasteiger partial charge in [0.2, 0.25) is 0 Å². The highest BCUT2D eigenvalue weighted by molar-refractivity contribution is 5.88. The van der Waals surface area contributed by atoms with E-state index in [0.29, 0.717) is 11.1 Å². The van der Waals surface area contributed by atoms with Crippen LogP contribution in [0.3, 0.4) is 0 Å². The van der Waals surface area contributed by atoms with Crippen molar-refractivity contribution in [1.29, 1.82) is 0 Å². The number of hydrogen-bond acceptors (Lipinski definition) is 18. The molecule has 300 valence electrons. The van der Waals surface area contributed by atoms with E-state index in [1.165, 1.54) is 68.8 Å². The average molecular weight is 785 g/mol. The van der Waals surface area contributed by atoms with Crippen LogP contribution < -0.4 is 14.9 Å². The molecule has 0 bridgehead atoms. The quantitative estimate of drug-likeness (QED) is 0.0725. The zero-order chi connectivity index (χ0) is 40.4.